The molecule has 0 spiro atoms. The van der Waals surface area contributed by atoms with Gasteiger partial charge in [-0.25, -0.2) is 4.79 Å². The van der Waals surface area contributed by atoms with Crippen LogP contribution in [0.15, 0.2) is 5.29 Å². The molecule has 10 heteroatoms. The van der Waals surface area contributed by atoms with Crippen LogP contribution in [0.25, 0.3) is 0 Å². The van der Waals surface area contributed by atoms with E-state index in [0.717, 1.165) is 0 Å². The van der Waals surface area contributed by atoms with Gasteiger partial charge in [-0.3, -0.25) is 0 Å². The number of ether oxygens (including phenoxy) is 2. The van der Waals surface area contributed by atoms with Crippen LogP contribution in [-0.2, 0) is 9.47 Å². The molecular formula is C10H18ClN3O6. The first-order valence-electron chi connectivity index (χ1n) is 6.01. The molecule has 0 radical (unpaired) electrons. The lowest BCUT2D eigenvalue weighted by atomic mass is 9.99. The van der Waals surface area contributed by atoms with Crippen LogP contribution in [0.1, 0.15) is 6.42 Å². The molecule has 1 aliphatic rings. The minimum atomic E-state index is -0.987. The van der Waals surface area contributed by atoms with E-state index in [1.165, 1.54) is 7.11 Å². The quantitative estimate of drug-likeness (QED) is 0.342. The minimum Gasteiger partial charge on any atom is -0.394 e. The van der Waals surface area contributed by atoms with Crippen molar-refractivity contribution in [3.8, 4) is 0 Å². The summed E-state index contributed by atoms with van der Waals surface area (Å²) >= 11 is 5.43. The van der Waals surface area contributed by atoms with E-state index in [1.54, 1.807) is 0 Å². The fourth-order valence-electron chi connectivity index (χ4n) is 1.90. The van der Waals surface area contributed by atoms with E-state index >= 15 is 0 Å². The van der Waals surface area contributed by atoms with Crippen LogP contribution in [0, 0.1) is 4.91 Å². The van der Waals surface area contributed by atoms with Gasteiger partial charge in [-0.05, 0) is 0 Å². The fraction of sp³-hybridized carbons (Fsp3) is 0.900. The second kappa shape index (κ2) is 8.32. The van der Waals surface area contributed by atoms with Gasteiger partial charge < -0.3 is 25.0 Å². The van der Waals surface area contributed by atoms with Gasteiger partial charge in [0.2, 0.25) is 0 Å². The van der Waals surface area contributed by atoms with E-state index in [4.69, 9.17) is 21.1 Å². The number of carbonyl (C=O) groups excluding carboxylic acids is 1. The van der Waals surface area contributed by atoms with Crippen molar-refractivity contribution in [3.05, 3.63) is 4.91 Å². The fourth-order valence-corrected chi connectivity index (χ4v) is 2.06. The molecule has 1 heterocycles. The number of halogens is 1. The van der Waals surface area contributed by atoms with Gasteiger partial charge in [-0.1, -0.05) is 0 Å². The van der Waals surface area contributed by atoms with Crippen LogP contribution in [0.5, 0.6) is 0 Å². The van der Waals surface area contributed by atoms with Gasteiger partial charge in [0, 0.05) is 19.4 Å². The van der Waals surface area contributed by atoms with Gasteiger partial charge in [-0.15, -0.1) is 16.5 Å². The second-order valence-corrected chi connectivity index (χ2v) is 4.57. The maximum atomic E-state index is 11.8. The smallest absolute Gasteiger partial charge is 0.340 e. The van der Waals surface area contributed by atoms with Crippen LogP contribution in [0.4, 0.5) is 4.79 Å². The number of aliphatic hydroxyl groups excluding tert-OH is 2. The Bertz CT molecular complexity index is 334. The lowest BCUT2D eigenvalue weighted by Gasteiger charge is -2.38. The molecular weight excluding hydrogens is 294 g/mol. The van der Waals surface area contributed by atoms with Crippen molar-refractivity contribution in [2.45, 2.75) is 31.0 Å². The third-order valence-electron chi connectivity index (χ3n) is 2.94. The Morgan fingerprint density at radius 3 is 2.85 bits per heavy atom. The summed E-state index contributed by atoms with van der Waals surface area (Å²) < 4.78 is 10.3. The van der Waals surface area contributed by atoms with E-state index in [-0.39, 0.29) is 18.8 Å². The molecule has 1 fully saturated rings. The summed E-state index contributed by atoms with van der Waals surface area (Å²) in [6.45, 7) is -0.489. The molecule has 0 bridgehead atoms. The number of alkyl halides is 1. The minimum absolute atomic E-state index is 0.0397. The maximum Gasteiger partial charge on any atom is 0.340 e. The number of nitroso groups, excluding NO2 is 1. The summed E-state index contributed by atoms with van der Waals surface area (Å²) in [7, 11) is 1.41. The molecule has 20 heavy (non-hydrogen) atoms. The van der Waals surface area contributed by atoms with Crippen molar-refractivity contribution < 1.29 is 24.5 Å². The van der Waals surface area contributed by atoms with E-state index in [0.29, 0.717) is 5.01 Å². The van der Waals surface area contributed by atoms with Crippen molar-refractivity contribution in [1.29, 1.82) is 0 Å². The molecule has 0 unspecified atom stereocenters. The van der Waals surface area contributed by atoms with Crippen molar-refractivity contribution in [2.24, 2.45) is 5.29 Å². The Morgan fingerprint density at radius 1 is 1.65 bits per heavy atom. The predicted molar refractivity (Wildman–Crippen MR) is 68.9 cm³/mol. The third-order valence-corrected chi connectivity index (χ3v) is 3.11. The highest BCUT2D eigenvalue weighted by molar-refractivity contribution is 6.18. The van der Waals surface area contributed by atoms with Crippen molar-refractivity contribution in [3.63, 3.8) is 0 Å². The molecule has 1 saturated heterocycles. The van der Waals surface area contributed by atoms with Gasteiger partial charge in [-0.2, -0.15) is 5.01 Å². The molecule has 0 aromatic carbocycles. The average molecular weight is 312 g/mol. The zero-order chi connectivity index (χ0) is 15.1. The number of methoxy groups -OCH3 is 1. The van der Waals surface area contributed by atoms with Crippen LogP contribution in [0.3, 0.4) is 0 Å². The molecule has 0 aromatic heterocycles. The highest BCUT2D eigenvalue weighted by Gasteiger charge is 2.39. The Labute approximate surface area is 120 Å². The highest BCUT2D eigenvalue weighted by Crippen LogP contribution is 2.21. The van der Waals surface area contributed by atoms with Crippen LogP contribution in [-0.4, -0.2) is 71.9 Å². The molecule has 4 atom stereocenters. The molecule has 0 aromatic rings. The number of hydrogen-bond donors (Lipinski definition) is 3. The predicted octanol–water partition coefficient (Wildman–Crippen LogP) is -0.599. The van der Waals surface area contributed by atoms with Gasteiger partial charge in [0.15, 0.2) is 6.29 Å². The first-order chi connectivity index (χ1) is 9.57. The maximum absolute atomic E-state index is 11.8. The summed E-state index contributed by atoms with van der Waals surface area (Å²) in [5.74, 6) is 0.0397. The van der Waals surface area contributed by atoms with Crippen molar-refractivity contribution in [1.82, 2.24) is 10.3 Å². The monoisotopic (exact) mass is 311 g/mol. The number of amides is 2. The summed E-state index contributed by atoms with van der Waals surface area (Å²) in [4.78, 5) is 22.3. The van der Waals surface area contributed by atoms with Crippen LogP contribution in [0.2, 0.25) is 0 Å². The summed E-state index contributed by atoms with van der Waals surface area (Å²) in [6, 6.07) is -1.69. The Hall–Kier alpha value is -1.00. The molecule has 0 saturated carbocycles. The third kappa shape index (κ3) is 4.25. The normalized spacial score (nSPS) is 29.8. The molecule has 3 N–H and O–H groups in total. The molecule has 1 rings (SSSR count). The number of rotatable bonds is 6. The van der Waals surface area contributed by atoms with Gasteiger partial charge in [0.25, 0.3) is 0 Å². The Morgan fingerprint density at radius 2 is 2.35 bits per heavy atom. The Kier molecular flexibility index (Phi) is 7.10. The zero-order valence-corrected chi connectivity index (χ0v) is 11.7. The molecule has 2 amide bonds. The van der Waals surface area contributed by atoms with E-state index < -0.39 is 37.2 Å². The van der Waals surface area contributed by atoms with Crippen molar-refractivity contribution >= 4 is 17.6 Å². The molecule has 116 valence electrons. The lowest BCUT2D eigenvalue weighted by molar-refractivity contribution is -0.220. The van der Waals surface area contributed by atoms with E-state index in [1.807, 2.05) is 0 Å². The van der Waals surface area contributed by atoms with E-state index in [2.05, 4.69) is 10.6 Å². The number of urea groups is 1. The number of carbonyl (C=O) groups is 1. The summed E-state index contributed by atoms with van der Waals surface area (Å²) in [6.07, 6.45) is -2.38. The standard InChI is InChI=1S/C10H18ClN3O6/c1-19-8-4-6(16)9(7(5-15)20-8)12-10(17)14(13-18)3-2-11/h6-9,15-16H,2-5H2,1H3,(H,12,17)/t6-,7+,8+,9-/m0/s1. The average Bonchev–Trinajstić information content (AvgIpc) is 2.46. The number of aliphatic hydroxyl groups is 2. The highest BCUT2D eigenvalue weighted by atomic mass is 35.5. The van der Waals surface area contributed by atoms with Crippen molar-refractivity contribution in [2.75, 3.05) is 26.1 Å². The van der Waals surface area contributed by atoms with Crippen LogP contribution < -0.4 is 5.32 Å². The van der Waals surface area contributed by atoms with Crippen LogP contribution >= 0.6 is 11.6 Å². The number of nitrogens with zero attached hydrogens (tertiary/aromatic N) is 2. The Balaban J connectivity index is 2.68. The van der Waals surface area contributed by atoms with Gasteiger partial charge in [0.05, 0.1) is 30.6 Å². The topological polar surface area (TPSA) is 121 Å². The second-order valence-electron chi connectivity index (χ2n) is 4.19. The molecule has 9 nitrogen and oxygen atoms in total. The number of nitrogens with one attached hydrogen (secondary N) is 1. The molecule has 0 aliphatic carbocycles. The van der Waals surface area contributed by atoms with E-state index in [9.17, 15) is 19.9 Å². The first-order valence-corrected chi connectivity index (χ1v) is 6.55. The van der Waals surface area contributed by atoms with Gasteiger partial charge in [0.1, 0.15) is 6.10 Å². The first kappa shape index (κ1) is 17.1. The lowest BCUT2D eigenvalue weighted by Crippen LogP contribution is -2.60. The van der Waals surface area contributed by atoms with Gasteiger partial charge >= 0.3 is 6.03 Å². The number of hydrogen-bond acceptors (Lipinski definition) is 7. The summed E-state index contributed by atoms with van der Waals surface area (Å²) in [5.41, 5.74) is 0. The molecule has 1 aliphatic heterocycles. The summed E-state index contributed by atoms with van der Waals surface area (Å²) in [5, 5.41) is 24.7. The zero-order valence-electron chi connectivity index (χ0n) is 10.9. The largest absolute Gasteiger partial charge is 0.394 e. The SMILES string of the molecule is CO[C@H]1C[C@H](O)[C@H](NC(=O)N(CCCl)N=O)[C@@H](CO)O1.